The Balaban J connectivity index is 1.59. The fraction of sp³-hybridized carbons (Fsp3) is 0.250. The van der Waals surface area contributed by atoms with E-state index in [-0.39, 0.29) is 5.82 Å². The van der Waals surface area contributed by atoms with Crippen LogP contribution in [-0.4, -0.2) is 20.2 Å². The van der Waals surface area contributed by atoms with Crippen LogP contribution in [0.4, 0.5) is 4.39 Å². The summed E-state index contributed by atoms with van der Waals surface area (Å²) in [5.74, 6) is 0.679. The smallest absolute Gasteiger partial charge is 0.241 e. The van der Waals surface area contributed by atoms with Crippen molar-refractivity contribution in [2.45, 2.75) is 19.3 Å². The molecule has 5 heteroatoms. The first-order chi connectivity index (χ1) is 14.1. The number of methoxy groups -OCH3 is 1. The molecule has 1 fully saturated rings. The van der Waals surface area contributed by atoms with Crippen LogP contribution in [-0.2, 0) is 13.1 Å². The molecule has 3 atom stereocenters. The molecule has 0 saturated carbocycles. The molecule has 3 unspecified atom stereocenters. The minimum absolute atomic E-state index is 0.188. The summed E-state index contributed by atoms with van der Waals surface area (Å²) >= 11 is 6.06. The van der Waals surface area contributed by atoms with Crippen molar-refractivity contribution in [2.24, 2.45) is 0 Å². The lowest BCUT2D eigenvalue weighted by Gasteiger charge is -2.25. The van der Waals surface area contributed by atoms with Crippen molar-refractivity contribution in [3.63, 3.8) is 0 Å². The van der Waals surface area contributed by atoms with Gasteiger partial charge in [-0.05, 0) is 48.5 Å². The third-order valence-corrected chi connectivity index (χ3v) is 5.97. The van der Waals surface area contributed by atoms with Gasteiger partial charge in [0.15, 0.2) is 0 Å². The lowest BCUT2D eigenvalue weighted by molar-refractivity contribution is -1.09. The van der Waals surface area contributed by atoms with E-state index in [0.717, 1.165) is 42.5 Å². The van der Waals surface area contributed by atoms with E-state index in [9.17, 15) is 4.39 Å². The maximum absolute atomic E-state index is 13.3. The van der Waals surface area contributed by atoms with E-state index in [1.54, 1.807) is 19.2 Å². The van der Waals surface area contributed by atoms with Gasteiger partial charge < -0.3 is 4.74 Å². The highest BCUT2D eigenvalue weighted by Crippen LogP contribution is 2.15. The van der Waals surface area contributed by atoms with Crippen molar-refractivity contribution >= 4 is 11.6 Å². The molecule has 0 aromatic heterocycles. The Morgan fingerprint density at radius 1 is 0.828 bits per heavy atom. The van der Waals surface area contributed by atoms with Crippen LogP contribution in [0.5, 0.6) is 5.75 Å². The number of halogens is 2. The fourth-order valence-corrected chi connectivity index (χ4v) is 4.40. The SMILES string of the molecule is COc1ccc(C2[NH+](Cc3ccc(F)cc3)CC[NH+]2Cc2ccc(Cl)cc2)cc1. The molecule has 1 heterocycles. The van der Waals surface area contributed by atoms with Gasteiger partial charge >= 0.3 is 0 Å². The fourth-order valence-electron chi connectivity index (χ4n) is 4.28. The molecule has 0 bridgehead atoms. The molecule has 1 aliphatic rings. The molecule has 2 N–H and O–H groups in total. The predicted molar refractivity (Wildman–Crippen MR) is 113 cm³/mol. The van der Waals surface area contributed by atoms with Crippen molar-refractivity contribution in [3.05, 3.63) is 100 Å². The molecule has 0 radical (unpaired) electrons. The number of rotatable bonds is 6. The lowest BCUT2D eigenvalue weighted by atomic mass is 10.1. The van der Waals surface area contributed by atoms with Gasteiger partial charge in [-0.15, -0.1) is 0 Å². The zero-order valence-electron chi connectivity index (χ0n) is 16.5. The van der Waals surface area contributed by atoms with Crippen LogP contribution in [0.25, 0.3) is 0 Å². The van der Waals surface area contributed by atoms with Crippen LogP contribution < -0.4 is 14.5 Å². The maximum Gasteiger partial charge on any atom is 0.241 e. The summed E-state index contributed by atoms with van der Waals surface area (Å²) in [5, 5.41) is 0.764. The second kappa shape index (κ2) is 8.95. The highest BCUT2D eigenvalue weighted by Gasteiger charge is 2.40. The summed E-state index contributed by atoms with van der Waals surface area (Å²) in [7, 11) is 1.69. The van der Waals surface area contributed by atoms with E-state index in [0.29, 0.717) is 6.17 Å². The van der Waals surface area contributed by atoms with E-state index < -0.39 is 0 Å². The monoisotopic (exact) mass is 412 g/mol. The Morgan fingerprint density at radius 2 is 1.34 bits per heavy atom. The van der Waals surface area contributed by atoms with Crippen LogP contribution in [0, 0.1) is 5.82 Å². The summed E-state index contributed by atoms with van der Waals surface area (Å²) in [4.78, 5) is 3.01. The number of ether oxygens (including phenoxy) is 1. The zero-order valence-corrected chi connectivity index (χ0v) is 17.3. The summed E-state index contributed by atoms with van der Waals surface area (Å²) in [5.41, 5.74) is 3.74. The van der Waals surface area contributed by atoms with Gasteiger partial charge in [-0.1, -0.05) is 35.9 Å². The topological polar surface area (TPSA) is 18.1 Å². The number of hydrogen-bond acceptors (Lipinski definition) is 1. The average Bonchev–Trinajstić information content (AvgIpc) is 3.13. The molecule has 1 aliphatic heterocycles. The molecule has 0 amide bonds. The molecule has 0 aliphatic carbocycles. The second-order valence-electron chi connectivity index (χ2n) is 7.63. The molecule has 3 nitrogen and oxygen atoms in total. The highest BCUT2D eigenvalue weighted by atomic mass is 35.5. The van der Waals surface area contributed by atoms with E-state index in [2.05, 4.69) is 24.3 Å². The first-order valence-electron chi connectivity index (χ1n) is 9.94. The van der Waals surface area contributed by atoms with Crippen molar-refractivity contribution < 1.29 is 18.9 Å². The van der Waals surface area contributed by atoms with Crippen LogP contribution in [0.2, 0.25) is 5.02 Å². The third-order valence-electron chi connectivity index (χ3n) is 5.72. The Hall–Kier alpha value is -2.40. The van der Waals surface area contributed by atoms with Gasteiger partial charge in [-0.3, -0.25) is 9.80 Å². The van der Waals surface area contributed by atoms with E-state index in [1.807, 2.05) is 36.4 Å². The maximum atomic E-state index is 13.3. The molecule has 150 valence electrons. The number of benzene rings is 3. The van der Waals surface area contributed by atoms with E-state index >= 15 is 0 Å². The van der Waals surface area contributed by atoms with E-state index in [4.69, 9.17) is 16.3 Å². The van der Waals surface area contributed by atoms with Gasteiger partial charge in [0.05, 0.1) is 12.7 Å². The lowest BCUT2D eigenvalue weighted by Crippen LogP contribution is -3.22. The first-order valence-corrected chi connectivity index (χ1v) is 10.3. The van der Waals surface area contributed by atoms with Gasteiger partial charge in [0.25, 0.3) is 0 Å². The average molecular weight is 413 g/mol. The molecule has 4 rings (SSSR count). The van der Waals surface area contributed by atoms with E-state index in [1.165, 1.54) is 20.9 Å². The van der Waals surface area contributed by atoms with Gasteiger partial charge in [0.2, 0.25) is 6.17 Å². The van der Waals surface area contributed by atoms with Crippen molar-refractivity contribution in [1.29, 1.82) is 0 Å². The second-order valence-corrected chi connectivity index (χ2v) is 8.07. The number of hydrogen-bond donors (Lipinski definition) is 2. The van der Waals surface area contributed by atoms with Crippen molar-refractivity contribution in [3.8, 4) is 5.75 Å². The third kappa shape index (κ3) is 4.78. The minimum atomic E-state index is -0.188. The summed E-state index contributed by atoms with van der Waals surface area (Å²) in [6.07, 6.45) is 0.307. The van der Waals surface area contributed by atoms with Gasteiger partial charge in [0, 0.05) is 16.1 Å². The van der Waals surface area contributed by atoms with Crippen molar-refractivity contribution in [2.75, 3.05) is 20.2 Å². The van der Waals surface area contributed by atoms with Crippen LogP contribution in [0.3, 0.4) is 0 Å². The Bertz CT molecular complexity index is 873. The molecular weight excluding hydrogens is 387 g/mol. The number of quaternary nitrogens is 2. The predicted octanol–water partition coefficient (Wildman–Crippen LogP) is 2.67. The Labute approximate surface area is 176 Å². The molecule has 3 aromatic rings. The molecule has 29 heavy (non-hydrogen) atoms. The highest BCUT2D eigenvalue weighted by molar-refractivity contribution is 6.30. The standard InChI is InChI=1S/C24H24ClFN2O/c1-29-23-12-6-20(7-13-23)24-27(16-18-2-8-21(25)9-3-18)14-15-28(24)17-19-4-10-22(26)11-5-19/h2-13,24H,14-17H2,1H3/p+2. The van der Waals surface area contributed by atoms with Crippen LogP contribution in [0.1, 0.15) is 22.9 Å². The largest absolute Gasteiger partial charge is 0.497 e. The zero-order chi connectivity index (χ0) is 20.2. The van der Waals surface area contributed by atoms with Crippen LogP contribution in [0.15, 0.2) is 72.8 Å². The Morgan fingerprint density at radius 3 is 1.86 bits per heavy atom. The normalized spacial score (nSPS) is 21.3. The molecule has 1 saturated heterocycles. The quantitative estimate of drug-likeness (QED) is 0.637. The van der Waals surface area contributed by atoms with Crippen LogP contribution >= 0.6 is 11.6 Å². The van der Waals surface area contributed by atoms with Gasteiger partial charge in [0.1, 0.15) is 37.7 Å². The molecular formula is C24H26ClFN2O+2. The first kappa shape index (κ1) is 19.9. The van der Waals surface area contributed by atoms with Gasteiger partial charge in [-0.2, -0.15) is 0 Å². The van der Waals surface area contributed by atoms with Crippen molar-refractivity contribution in [1.82, 2.24) is 0 Å². The summed E-state index contributed by atoms with van der Waals surface area (Å²) in [6.45, 7) is 3.97. The van der Waals surface area contributed by atoms with Gasteiger partial charge in [-0.25, -0.2) is 4.39 Å². The summed E-state index contributed by atoms with van der Waals surface area (Å²) in [6, 6.07) is 23.4. The summed E-state index contributed by atoms with van der Waals surface area (Å²) < 4.78 is 18.7. The molecule has 0 spiro atoms. The number of nitrogens with one attached hydrogen (secondary N) is 2. The Kier molecular flexibility index (Phi) is 6.14. The molecule has 3 aromatic carbocycles. The minimum Gasteiger partial charge on any atom is -0.497 e.